The highest BCUT2D eigenvalue weighted by Crippen LogP contribution is 2.29. The molecule has 0 aliphatic rings. The van der Waals surface area contributed by atoms with Crippen LogP contribution >= 0.6 is 11.6 Å². The molecule has 1 aromatic heterocycles. The first-order valence-electron chi connectivity index (χ1n) is 8.18. The van der Waals surface area contributed by atoms with E-state index in [-0.39, 0.29) is 22.4 Å². The zero-order chi connectivity index (χ0) is 20.4. The van der Waals surface area contributed by atoms with E-state index < -0.39 is 5.97 Å². The first-order valence-corrected chi connectivity index (χ1v) is 8.56. The van der Waals surface area contributed by atoms with Gasteiger partial charge >= 0.3 is 0 Å². The molecular formula is C20H22ClFN4O. The minimum Gasteiger partial charge on any atom is -0.497 e. The standard InChI is InChI=1S/C18H16ClFN4O.C2H6/c1-4-7-12(5-2)22-18-14(16(20)21)15(19)23-17(24-18)11-8-6-9-13(10-11)25-3;1-2/h4-10,21H,1-2H2,3H3,(H,22,23,24);1-2H3/b12-7+,21-16?;. The minimum absolute atomic E-state index is 0.0540. The molecule has 2 N–H and O–H groups in total. The predicted octanol–water partition coefficient (Wildman–Crippen LogP) is 5.79. The van der Waals surface area contributed by atoms with E-state index in [0.717, 1.165) is 0 Å². The number of nitrogens with one attached hydrogen (secondary N) is 2. The lowest BCUT2D eigenvalue weighted by Crippen LogP contribution is -2.09. The van der Waals surface area contributed by atoms with Crippen molar-refractivity contribution in [3.8, 4) is 17.1 Å². The maximum Gasteiger partial charge on any atom is 0.219 e. The molecule has 27 heavy (non-hydrogen) atoms. The summed E-state index contributed by atoms with van der Waals surface area (Å²) in [6, 6.07) is 7.05. The van der Waals surface area contributed by atoms with Crippen LogP contribution in [0.4, 0.5) is 10.2 Å². The highest BCUT2D eigenvalue weighted by Gasteiger charge is 2.19. The molecule has 0 atom stereocenters. The molecule has 2 aromatic rings. The number of hydrogen-bond acceptors (Lipinski definition) is 5. The van der Waals surface area contributed by atoms with E-state index in [4.69, 9.17) is 21.7 Å². The topological polar surface area (TPSA) is 70.9 Å². The second-order valence-electron chi connectivity index (χ2n) is 4.79. The molecule has 1 aromatic carbocycles. The van der Waals surface area contributed by atoms with Crippen LogP contribution in [0.5, 0.6) is 5.75 Å². The quantitative estimate of drug-likeness (QED) is 0.357. The highest BCUT2D eigenvalue weighted by molar-refractivity contribution is 6.33. The summed E-state index contributed by atoms with van der Waals surface area (Å²) in [5.74, 6) is -0.309. The molecule has 5 nitrogen and oxygen atoms in total. The molecule has 0 aliphatic heterocycles. The second-order valence-corrected chi connectivity index (χ2v) is 5.15. The van der Waals surface area contributed by atoms with Gasteiger partial charge < -0.3 is 10.1 Å². The molecule has 0 spiro atoms. The summed E-state index contributed by atoms with van der Waals surface area (Å²) >= 11 is 6.09. The lowest BCUT2D eigenvalue weighted by molar-refractivity contribution is 0.415. The Balaban J connectivity index is 0.00000176. The third-order valence-corrected chi connectivity index (χ3v) is 3.47. The lowest BCUT2D eigenvalue weighted by Gasteiger charge is -2.13. The van der Waals surface area contributed by atoms with Gasteiger partial charge in [-0.3, -0.25) is 5.41 Å². The SMILES string of the molecule is C=C/C=C(\C=C)Nc1nc(-c2cccc(OC)c2)nc(Cl)c1C(=N)F.CC. The van der Waals surface area contributed by atoms with Crippen LogP contribution in [-0.2, 0) is 0 Å². The first kappa shape index (κ1) is 22.1. The van der Waals surface area contributed by atoms with Crippen molar-refractivity contribution in [1.29, 1.82) is 5.41 Å². The summed E-state index contributed by atoms with van der Waals surface area (Å²) in [5.41, 5.74) is 0.920. The molecule has 2 rings (SSSR count). The van der Waals surface area contributed by atoms with E-state index in [0.29, 0.717) is 17.0 Å². The van der Waals surface area contributed by atoms with E-state index in [1.165, 1.54) is 12.2 Å². The molecule has 0 radical (unpaired) electrons. The smallest absolute Gasteiger partial charge is 0.219 e. The van der Waals surface area contributed by atoms with Gasteiger partial charge in [-0.05, 0) is 24.3 Å². The molecular weight excluding hydrogens is 367 g/mol. The highest BCUT2D eigenvalue weighted by atomic mass is 35.5. The van der Waals surface area contributed by atoms with Gasteiger partial charge in [-0.1, -0.05) is 56.8 Å². The molecule has 0 amide bonds. The van der Waals surface area contributed by atoms with Crippen LogP contribution in [0.25, 0.3) is 11.4 Å². The molecule has 0 unspecified atom stereocenters. The van der Waals surface area contributed by atoms with Crippen LogP contribution in [0.2, 0.25) is 5.15 Å². The fraction of sp³-hybridized carbons (Fsp3) is 0.150. The number of nitrogens with zero attached hydrogens (tertiary/aromatic N) is 2. The van der Waals surface area contributed by atoms with Crippen molar-refractivity contribution in [1.82, 2.24) is 9.97 Å². The van der Waals surface area contributed by atoms with Crippen molar-refractivity contribution in [2.24, 2.45) is 0 Å². The third kappa shape index (κ3) is 5.76. The number of rotatable bonds is 7. The van der Waals surface area contributed by atoms with Crippen LogP contribution in [0.1, 0.15) is 19.4 Å². The Morgan fingerprint density at radius 3 is 2.56 bits per heavy atom. The predicted molar refractivity (Wildman–Crippen MR) is 110 cm³/mol. The van der Waals surface area contributed by atoms with E-state index in [1.807, 2.05) is 13.8 Å². The number of hydrogen-bond donors (Lipinski definition) is 2. The van der Waals surface area contributed by atoms with Gasteiger partial charge in [-0.15, -0.1) is 0 Å². The number of anilines is 1. The molecule has 0 bridgehead atoms. The Morgan fingerprint density at radius 1 is 1.30 bits per heavy atom. The first-order chi connectivity index (χ1) is 13.0. The Bertz CT molecular complexity index is 865. The van der Waals surface area contributed by atoms with Gasteiger partial charge in [0, 0.05) is 11.3 Å². The molecule has 1 heterocycles. The summed E-state index contributed by atoms with van der Waals surface area (Å²) in [5, 5.41) is 10.0. The Hall–Kier alpha value is -2.99. The van der Waals surface area contributed by atoms with Crippen molar-refractivity contribution >= 4 is 23.4 Å². The van der Waals surface area contributed by atoms with E-state index in [2.05, 4.69) is 28.4 Å². The van der Waals surface area contributed by atoms with E-state index >= 15 is 0 Å². The second kappa shape index (κ2) is 10.9. The van der Waals surface area contributed by atoms with Crippen molar-refractivity contribution in [3.05, 3.63) is 72.1 Å². The lowest BCUT2D eigenvalue weighted by atomic mass is 10.2. The number of methoxy groups -OCH3 is 1. The Kier molecular flexibility index (Phi) is 8.89. The fourth-order valence-electron chi connectivity index (χ4n) is 2.03. The summed E-state index contributed by atoms with van der Waals surface area (Å²) < 4.78 is 18.8. The maximum atomic E-state index is 13.6. The Labute approximate surface area is 163 Å². The molecule has 0 fully saturated rings. The van der Waals surface area contributed by atoms with Gasteiger partial charge in [-0.25, -0.2) is 9.97 Å². The summed E-state index contributed by atoms with van der Waals surface area (Å²) in [6.45, 7) is 11.3. The zero-order valence-corrected chi connectivity index (χ0v) is 16.3. The normalized spacial score (nSPS) is 10.3. The maximum absolute atomic E-state index is 13.6. The molecule has 0 aliphatic carbocycles. The van der Waals surface area contributed by atoms with Crippen LogP contribution in [0.3, 0.4) is 0 Å². The summed E-state index contributed by atoms with van der Waals surface area (Å²) in [4.78, 5) is 8.40. The van der Waals surface area contributed by atoms with E-state index in [9.17, 15) is 4.39 Å². The molecule has 0 saturated heterocycles. The van der Waals surface area contributed by atoms with Gasteiger partial charge in [0.05, 0.1) is 7.11 Å². The number of benzene rings is 1. The van der Waals surface area contributed by atoms with Gasteiger partial charge in [0.1, 0.15) is 22.3 Å². The van der Waals surface area contributed by atoms with Gasteiger partial charge in [0.2, 0.25) is 5.97 Å². The van der Waals surface area contributed by atoms with Crippen molar-refractivity contribution in [3.63, 3.8) is 0 Å². The van der Waals surface area contributed by atoms with Crippen LogP contribution in [0, 0.1) is 5.41 Å². The van der Waals surface area contributed by atoms with Crippen LogP contribution < -0.4 is 10.1 Å². The van der Waals surface area contributed by atoms with Crippen LogP contribution in [-0.4, -0.2) is 23.0 Å². The molecule has 142 valence electrons. The van der Waals surface area contributed by atoms with Crippen molar-refractivity contribution < 1.29 is 9.13 Å². The summed E-state index contributed by atoms with van der Waals surface area (Å²) in [6.07, 6.45) is 4.67. The van der Waals surface area contributed by atoms with Crippen molar-refractivity contribution in [2.45, 2.75) is 13.8 Å². The van der Waals surface area contributed by atoms with Crippen LogP contribution in [0.15, 0.2) is 61.3 Å². The monoisotopic (exact) mass is 388 g/mol. The van der Waals surface area contributed by atoms with Gasteiger partial charge in [-0.2, -0.15) is 4.39 Å². The molecule has 7 heteroatoms. The third-order valence-electron chi connectivity index (χ3n) is 3.19. The van der Waals surface area contributed by atoms with E-state index in [1.54, 1.807) is 37.5 Å². The number of aromatic nitrogens is 2. The van der Waals surface area contributed by atoms with Gasteiger partial charge in [0.25, 0.3) is 0 Å². The number of halogens is 2. The average Bonchev–Trinajstić information content (AvgIpc) is 2.68. The van der Waals surface area contributed by atoms with Crippen molar-refractivity contribution in [2.75, 3.05) is 12.4 Å². The van der Waals surface area contributed by atoms with Gasteiger partial charge in [0.15, 0.2) is 5.82 Å². The molecule has 0 saturated carbocycles. The Morgan fingerprint density at radius 2 is 2.00 bits per heavy atom. The number of allylic oxidation sites excluding steroid dienone is 3. The number of ether oxygens (including phenoxy) is 1. The minimum atomic E-state index is -1.24. The summed E-state index contributed by atoms with van der Waals surface area (Å²) in [7, 11) is 1.55. The largest absolute Gasteiger partial charge is 0.497 e. The average molecular weight is 389 g/mol. The fourth-order valence-corrected chi connectivity index (χ4v) is 2.29. The zero-order valence-electron chi connectivity index (χ0n) is 15.5.